The van der Waals surface area contributed by atoms with Crippen molar-refractivity contribution in [2.24, 2.45) is 5.73 Å². The Labute approximate surface area is 640 Å². The van der Waals surface area contributed by atoms with E-state index in [4.69, 9.17) is 24.7 Å². The molecule has 3 saturated heterocycles. The molecule has 6 bridgehead atoms. The van der Waals surface area contributed by atoms with Gasteiger partial charge in [0.25, 0.3) is 29.5 Å². The summed E-state index contributed by atoms with van der Waals surface area (Å²) in [5.41, 5.74) is 0.135. The standard InChI is InChI=1S/2C26H27F2N3O5.C15H16N2O6.C12H15F2N.2CH4/c2*27-14-4-7-18(19(28)10-14)26(8-2-1-3-9-26)29-24(34)17-12-30-13-20-31(15-5-6-16(11-15)36-20)25(35)21(30)23(33)22(17)32;1-22-13-11-14(19)17-7-2-3-8(4-7)23-10(17)6-16(11)5-9(12(13)18)15(20)21;13-9-4-5-10(11(14)8-9)12(15)6-2-1-3-7-12;;/h2*4,7,10,12,15-16,20,33H,1-3,5-6,8-9,11,13H2,(H,29,34);5,7-8,10H,2-4,6H2,1H3,(H,20,21);4-5,8H,1-3,6-7,15H2;2*1H4/t2*15-,16+,20?;7-,8+,10?;;;/m111.../s1. The van der Waals surface area contributed by atoms with Gasteiger partial charge in [-0.1, -0.05) is 90.8 Å². The van der Waals surface area contributed by atoms with Crippen molar-refractivity contribution in [3.05, 3.63) is 189 Å². The lowest BCUT2D eigenvalue weighted by Crippen LogP contribution is -2.57. The van der Waals surface area contributed by atoms with E-state index in [0.717, 1.165) is 159 Å². The lowest BCUT2D eigenvalue weighted by Gasteiger charge is -2.44. The number of nitrogens with two attached hydrogens (primary N) is 1. The molecule has 31 heteroatoms. The zero-order valence-corrected chi connectivity index (χ0v) is 60.4. The highest BCUT2D eigenvalue weighted by molar-refractivity contribution is 6.01. The summed E-state index contributed by atoms with van der Waals surface area (Å²) in [5, 5.41) is 36.4. The second kappa shape index (κ2) is 31.6. The number of nitrogens with one attached hydrogen (secondary N) is 2. The van der Waals surface area contributed by atoms with E-state index in [1.165, 1.54) is 63.7 Å². The van der Waals surface area contributed by atoms with Crippen molar-refractivity contribution in [1.82, 2.24) is 39.0 Å². The van der Waals surface area contributed by atoms with E-state index in [2.05, 4.69) is 10.6 Å². The number of carboxylic acid groups (broad SMARTS) is 1. The summed E-state index contributed by atoms with van der Waals surface area (Å²) in [4.78, 5) is 121. The van der Waals surface area contributed by atoms with Gasteiger partial charge >= 0.3 is 5.97 Å². The molecule has 9 heterocycles. The first-order valence-electron chi connectivity index (χ1n) is 37.9. The predicted octanol–water partition coefficient (Wildman–Crippen LogP) is 11.0. The van der Waals surface area contributed by atoms with E-state index in [1.54, 1.807) is 14.7 Å². The first kappa shape index (κ1) is 80.2. The van der Waals surface area contributed by atoms with E-state index < -0.39 is 133 Å². The molecule has 6 aliphatic carbocycles. The minimum atomic E-state index is -1.34. The van der Waals surface area contributed by atoms with Crippen LogP contribution >= 0.6 is 0 Å². The fourth-order valence-electron chi connectivity index (χ4n) is 19.2. The number of methoxy groups -OCH3 is 1. The molecule has 7 N–H and O–H groups in total. The molecule has 9 atom stereocenters. The number of carbonyl (C=O) groups excluding carboxylic acids is 5. The maximum absolute atomic E-state index is 14.8. The third-order valence-corrected chi connectivity index (χ3v) is 24.5. The van der Waals surface area contributed by atoms with Gasteiger partial charge in [-0.05, 0) is 115 Å². The van der Waals surface area contributed by atoms with Crippen LogP contribution in [-0.4, -0.2) is 141 Å². The van der Waals surface area contributed by atoms with Gasteiger partial charge in [-0.25, -0.2) is 31.1 Å². The molecular formula is C81H93F6N9O16. The van der Waals surface area contributed by atoms with Gasteiger partial charge in [0.15, 0.2) is 53.0 Å². The second-order valence-electron chi connectivity index (χ2n) is 31.1. The van der Waals surface area contributed by atoms with Gasteiger partial charge in [-0.15, -0.1) is 0 Å². The van der Waals surface area contributed by atoms with E-state index >= 15 is 0 Å². The van der Waals surface area contributed by atoms with Crippen LogP contribution in [0.25, 0.3) is 0 Å². The average Bonchev–Trinajstić information content (AvgIpc) is 1.33. The van der Waals surface area contributed by atoms with Crippen molar-refractivity contribution >= 4 is 35.5 Å². The molecule has 25 nitrogen and oxygen atoms in total. The summed E-state index contributed by atoms with van der Waals surface area (Å²) in [7, 11) is 1.26. The summed E-state index contributed by atoms with van der Waals surface area (Å²) in [6, 6.07) is 10.3. The van der Waals surface area contributed by atoms with E-state index in [1.807, 2.05) is 0 Å². The van der Waals surface area contributed by atoms with Crippen LogP contribution in [0.15, 0.2) is 87.6 Å². The normalized spacial score (nSPS) is 25.4. The lowest BCUT2D eigenvalue weighted by atomic mass is 9.76. The molecule has 5 amide bonds. The van der Waals surface area contributed by atoms with Crippen molar-refractivity contribution in [1.29, 1.82) is 0 Å². The molecule has 6 aromatic rings. The predicted molar refractivity (Wildman–Crippen MR) is 392 cm³/mol. The summed E-state index contributed by atoms with van der Waals surface area (Å²) < 4.78 is 111. The van der Waals surface area contributed by atoms with Crippen LogP contribution in [0.1, 0.15) is 248 Å². The number of pyridine rings is 3. The molecule has 112 heavy (non-hydrogen) atoms. The quantitative estimate of drug-likeness (QED) is 0.0733. The number of carboxylic acids is 1. The van der Waals surface area contributed by atoms with Gasteiger partial charge in [0.1, 0.15) is 51.6 Å². The summed E-state index contributed by atoms with van der Waals surface area (Å²) in [5.74, 6) is -10.0. The molecule has 9 fully saturated rings. The van der Waals surface area contributed by atoms with Gasteiger partial charge in [0, 0.05) is 77.1 Å². The van der Waals surface area contributed by atoms with Crippen LogP contribution in [0.2, 0.25) is 0 Å². The first-order valence-corrected chi connectivity index (χ1v) is 37.9. The number of aromatic nitrogens is 3. The molecule has 600 valence electrons. The van der Waals surface area contributed by atoms with Gasteiger partial charge in [0.05, 0.1) is 56.1 Å². The number of hydrogen-bond donors (Lipinski definition) is 6. The molecular weight excluding hydrogens is 1470 g/mol. The Balaban J connectivity index is 0.000000136. The zero-order chi connectivity index (χ0) is 77.6. The molecule has 3 unspecified atom stereocenters. The molecule has 0 radical (unpaired) electrons. The highest BCUT2D eigenvalue weighted by Crippen LogP contribution is 2.46. The Morgan fingerprint density at radius 3 is 1.14 bits per heavy atom. The number of ether oxygens (including phenoxy) is 4. The smallest absolute Gasteiger partial charge is 0.341 e. The number of nitrogens with zero attached hydrogens (tertiary/aromatic N) is 6. The molecule has 0 spiro atoms. The van der Waals surface area contributed by atoms with Gasteiger partial charge in [-0.3, -0.25) is 38.4 Å². The van der Waals surface area contributed by atoms with E-state index in [-0.39, 0.29) is 115 Å². The summed E-state index contributed by atoms with van der Waals surface area (Å²) in [6.45, 7) is 0.658. The second-order valence-corrected chi connectivity index (χ2v) is 31.1. The first-order chi connectivity index (χ1) is 52.7. The van der Waals surface area contributed by atoms with Crippen LogP contribution in [0.5, 0.6) is 17.2 Å². The number of aromatic hydroxyl groups is 2. The number of rotatable bonds is 9. The van der Waals surface area contributed by atoms with Crippen molar-refractivity contribution in [2.75, 3.05) is 7.11 Å². The Morgan fingerprint density at radius 1 is 0.464 bits per heavy atom. The number of benzene rings is 3. The monoisotopic (exact) mass is 1560 g/mol. The summed E-state index contributed by atoms with van der Waals surface area (Å²) >= 11 is 0. The molecule has 18 rings (SSSR count). The van der Waals surface area contributed by atoms with Crippen molar-refractivity contribution in [3.8, 4) is 17.2 Å². The number of halogens is 6. The maximum Gasteiger partial charge on any atom is 0.341 e. The number of carbonyl (C=O) groups is 6. The number of fused-ring (bicyclic) bond motifs is 15. The molecule has 6 saturated carbocycles. The maximum atomic E-state index is 14.8. The highest BCUT2D eigenvalue weighted by Gasteiger charge is 2.52. The van der Waals surface area contributed by atoms with Crippen molar-refractivity contribution < 1.29 is 89.4 Å². The number of aromatic carboxylic acids is 1. The molecule has 6 aliphatic heterocycles. The Morgan fingerprint density at radius 2 is 0.795 bits per heavy atom. The van der Waals surface area contributed by atoms with Crippen molar-refractivity contribution in [2.45, 2.75) is 260 Å². The topological polar surface area (TPSA) is 326 Å². The average molecular weight is 1560 g/mol. The zero-order valence-electron chi connectivity index (χ0n) is 60.4. The van der Waals surface area contributed by atoms with E-state index in [9.17, 15) is 84.8 Å². The van der Waals surface area contributed by atoms with Gasteiger partial charge in [0.2, 0.25) is 16.3 Å². The molecule has 3 aromatic carbocycles. The van der Waals surface area contributed by atoms with Crippen molar-refractivity contribution in [3.63, 3.8) is 0 Å². The Kier molecular flexibility index (Phi) is 22.6. The SMILES string of the molecule is C.C.COc1c2n(cc(C(=O)O)c1=O)CC1O[C@H]3CC[C@H](C3)N1C2=O.NC1(c2ccc(F)cc2F)CCCCC1.O=C(NC1(c2ccc(F)cc2F)CCCCC1)c1cn2c(c(O)c1=O)C(=O)N1C(C2)O[C@H]2CC[C@@H]1C2.O=C(NC1(c2ccc(F)cc2F)CCCCC1)c1cn2c(c(O)c1=O)C(=O)N1C(C2)O[C@H]2CC[C@@H]1C2. The lowest BCUT2D eigenvalue weighted by molar-refractivity contribution is -0.132. The van der Waals surface area contributed by atoms with Gasteiger partial charge < -0.3 is 79.0 Å². The van der Waals surface area contributed by atoms with Crippen LogP contribution in [0.4, 0.5) is 26.3 Å². The van der Waals surface area contributed by atoms with E-state index in [0.29, 0.717) is 37.8 Å². The summed E-state index contributed by atoms with van der Waals surface area (Å²) in [6.07, 6.45) is 21.1. The largest absolute Gasteiger partial charge is 0.503 e. The number of hydrogen-bond acceptors (Lipinski definition) is 16. The number of amides is 5. The Hall–Kier alpha value is -9.85. The Bertz CT molecular complexity index is 4720. The fourth-order valence-corrected chi connectivity index (χ4v) is 19.2. The van der Waals surface area contributed by atoms with Crippen LogP contribution in [0, 0.1) is 34.9 Å². The minimum absolute atomic E-state index is 0. The third-order valence-electron chi connectivity index (χ3n) is 24.5. The molecule has 3 aromatic heterocycles. The fraction of sp³-hybridized carbons (Fsp3) is 0.519. The van der Waals surface area contributed by atoms with Crippen LogP contribution < -0.4 is 37.4 Å². The molecule has 12 aliphatic rings. The van der Waals surface area contributed by atoms with Crippen LogP contribution in [0.3, 0.4) is 0 Å². The highest BCUT2D eigenvalue weighted by atomic mass is 19.2. The third kappa shape index (κ3) is 14.5. The van der Waals surface area contributed by atoms with Crippen LogP contribution in [-0.2, 0) is 50.5 Å². The van der Waals surface area contributed by atoms with Gasteiger partial charge in [-0.2, -0.15) is 0 Å². The minimum Gasteiger partial charge on any atom is -0.503 e.